The molecule has 0 aromatic rings. The van der Waals surface area contributed by atoms with E-state index in [1.165, 1.54) is 13.3 Å². The van der Waals surface area contributed by atoms with E-state index in [1.54, 1.807) is 0 Å². The third kappa shape index (κ3) is 11.2. The first-order chi connectivity index (χ1) is 8.56. The smallest absolute Gasteiger partial charge is 0.216 e. The number of amides is 1. The summed E-state index contributed by atoms with van der Waals surface area (Å²) in [5.41, 5.74) is 0. The second-order valence-corrected chi connectivity index (χ2v) is 4.71. The van der Waals surface area contributed by atoms with Gasteiger partial charge in [0, 0.05) is 33.1 Å². The summed E-state index contributed by atoms with van der Waals surface area (Å²) < 4.78 is 0. The molecule has 1 amide bonds. The molecule has 0 atom stereocenters. The Bertz CT molecular complexity index is 251. The lowest BCUT2D eigenvalue weighted by molar-refractivity contribution is -0.118. The minimum atomic E-state index is -0.00401. The molecule has 0 aromatic carbocycles. The number of carbonyl (C=O) groups excluding carboxylic acids is 1. The van der Waals surface area contributed by atoms with E-state index >= 15 is 0 Å². The fourth-order valence-electron chi connectivity index (χ4n) is 1.45. The van der Waals surface area contributed by atoms with Crippen LogP contribution in [-0.2, 0) is 4.79 Å². The summed E-state index contributed by atoms with van der Waals surface area (Å²) in [6.07, 6.45) is 2.31. The number of nitrogens with one attached hydrogen (secondary N) is 3. The van der Waals surface area contributed by atoms with Crippen LogP contribution in [0.5, 0.6) is 0 Å². The highest BCUT2D eigenvalue weighted by molar-refractivity contribution is 5.79. The molecule has 106 valence electrons. The molecule has 0 heterocycles. The molecule has 0 rings (SSSR count). The van der Waals surface area contributed by atoms with Crippen molar-refractivity contribution in [1.29, 1.82) is 0 Å². The fraction of sp³-hybridized carbons (Fsp3) is 0.846. The second-order valence-electron chi connectivity index (χ2n) is 4.71. The van der Waals surface area contributed by atoms with E-state index in [0.29, 0.717) is 13.1 Å². The van der Waals surface area contributed by atoms with Crippen molar-refractivity contribution in [2.45, 2.75) is 40.5 Å². The number of hydrogen-bond acceptors (Lipinski definition) is 2. The molecular formula is C13H28N4O. The molecule has 0 saturated heterocycles. The second kappa shape index (κ2) is 10.9. The molecule has 0 aliphatic carbocycles. The number of nitrogens with zero attached hydrogens (tertiary/aromatic N) is 1. The Morgan fingerprint density at radius 1 is 1.17 bits per heavy atom. The van der Waals surface area contributed by atoms with Gasteiger partial charge in [0.15, 0.2) is 5.96 Å². The molecule has 0 aromatic heterocycles. The molecule has 18 heavy (non-hydrogen) atoms. The summed E-state index contributed by atoms with van der Waals surface area (Å²) in [6, 6.07) is 0. The van der Waals surface area contributed by atoms with E-state index in [1.807, 2.05) is 6.92 Å². The Kier molecular flexibility index (Phi) is 10.1. The van der Waals surface area contributed by atoms with Crippen LogP contribution in [0.1, 0.15) is 40.5 Å². The number of aliphatic imine (C=N–C) groups is 1. The van der Waals surface area contributed by atoms with Crippen molar-refractivity contribution in [1.82, 2.24) is 16.0 Å². The maximum atomic E-state index is 10.7. The van der Waals surface area contributed by atoms with Crippen LogP contribution in [-0.4, -0.2) is 38.0 Å². The summed E-state index contributed by atoms with van der Waals surface area (Å²) in [5, 5.41) is 9.11. The molecule has 0 bridgehead atoms. The van der Waals surface area contributed by atoms with Crippen LogP contribution in [0, 0.1) is 5.92 Å². The minimum Gasteiger partial charge on any atom is -0.357 e. The predicted molar refractivity (Wildman–Crippen MR) is 76.7 cm³/mol. The lowest BCUT2D eigenvalue weighted by Gasteiger charge is -2.11. The molecule has 0 aliphatic rings. The van der Waals surface area contributed by atoms with Gasteiger partial charge < -0.3 is 16.0 Å². The zero-order valence-corrected chi connectivity index (χ0v) is 12.2. The van der Waals surface area contributed by atoms with Gasteiger partial charge in [-0.2, -0.15) is 0 Å². The highest BCUT2D eigenvalue weighted by atomic mass is 16.1. The lowest BCUT2D eigenvalue weighted by Crippen LogP contribution is -2.41. The van der Waals surface area contributed by atoms with Crippen molar-refractivity contribution in [2.75, 3.05) is 26.2 Å². The van der Waals surface area contributed by atoms with E-state index < -0.39 is 0 Å². The van der Waals surface area contributed by atoms with Crippen LogP contribution in [0.15, 0.2) is 4.99 Å². The van der Waals surface area contributed by atoms with Gasteiger partial charge in [0.05, 0.1) is 0 Å². The standard InChI is InChI=1S/C13H28N4O/c1-5-14-13(16-8-6-7-11(2)3)17-10-9-15-12(4)18/h11H,5-10H2,1-4H3,(H,15,18)(H2,14,16,17). The van der Waals surface area contributed by atoms with Gasteiger partial charge in [0.25, 0.3) is 0 Å². The molecule has 5 heteroatoms. The van der Waals surface area contributed by atoms with Crippen LogP contribution < -0.4 is 16.0 Å². The monoisotopic (exact) mass is 256 g/mol. The Labute approximate surface area is 111 Å². The maximum absolute atomic E-state index is 10.7. The van der Waals surface area contributed by atoms with Gasteiger partial charge >= 0.3 is 0 Å². The summed E-state index contributed by atoms with van der Waals surface area (Å²) >= 11 is 0. The largest absolute Gasteiger partial charge is 0.357 e. The van der Waals surface area contributed by atoms with Gasteiger partial charge in [-0.25, -0.2) is 0 Å². The number of carbonyl (C=O) groups is 1. The van der Waals surface area contributed by atoms with E-state index in [9.17, 15) is 4.79 Å². The number of rotatable bonds is 8. The zero-order valence-electron chi connectivity index (χ0n) is 12.2. The van der Waals surface area contributed by atoms with Gasteiger partial charge in [-0.3, -0.25) is 9.79 Å². The molecule has 0 fully saturated rings. The maximum Gasteiger partial charge on any atom is 0.216 e. The highest BCUT2D eigenvalue weighted by Crippen LogP contribution is 2.02. The van der Waals surface area contributed by atoms with Gasteiger partial charge in [-0.15, -0.1) is 0 Å². The third-order valence-electron chi connectivity index (χ3n) is 2.35. The molecule has 5 nitrogen and oxygen atoms in total. The fourth-order valence-corrected chi connectivity index (χ4v) is 1.45. The Morgan fingerprint density at radius 3 is 2.39 bits per heavy atom. The van der Waals surface area contributed by atoms with Crippen molar-refractivity contribution in [3.05, 3.63) is 0 Å². The van der Waals surface area contributed by atoms with E-state index in [2.05, 4.69) is 34.8 Å². The lowest BCUT2D eigenvalue weighted by atomic mass is 10.1. The van der Waals surface area contributed by atoms with Crippen molar-refractivity contribution < 1.29 is 4.79 Å². The Hall–Kier alpha value is -1.26. The molecule has 0 unspecified atom stereocenters. The first kappa shape index (κ1) is 16.7. The Balaban J connectivity index is 3.82. The van der Waals surface area contributed by atoms with E-state index in [0.717, 1.165) is 31.4 Å². The minimum absolute atomic E-state index is 0.00401. The van der Waals surface area contributed by atoms with Crippen molar-refractivity contribution in [3.8, 4) is 0 Å². The predicted octanol–water partition coefficient (Wildman–Crippen LogP) is 1.11. The third-order valence-corrected chi connectivity index (χ3v) is 2.35. The average molecular weight is 256 g/mol. The van der Waals surface area contributed by atoms with E-state index in [4.69, 9.17) is 0 Å². The van der Waals surface area contributed by atoms with Crippen LogP contribution in [0.4, 0.5) is 0 Å². The van der Waals surface area contributed by atoms with Gasteiger partial charge in [0.2, 0.25) is 5.91 Å². The molecule has 0 saturated carbocycles. The average Bonchev–Trinajstić information content (AvgIpc) is 2.29. The van der Waals surface area contributed by atoms with E-state index in [-0.39, 0.29) is 5.91 Å². The van der Waals surface area contributed by atoms with Gasteiger partial charge in [-0.1, -0.05) is 13.8 Å². The molecular weight excluding hydrogens is 228 g/mol. The highest BCUT2D eigenvalue weighted by Gasteiger charge is 1.97. The topological polar surface area (TPSA) is 65.5 Å². The van der Waals surface area contributed by atoms with Crippen LogP contribution in [0.2, 0.25) is 0 Å². The summed E-state index contributed by atoms with van der Waals surface area (Å²) in [4.78, 5) is 15.2. The number of hydrogen-bond donors (Lipinski definition) is 3. The van der Waals surface area contributed by atoms with Gasteiger partial charge in [0.1, 0.15) is 0 Å². The molecule has 3 N–H and O–H groups in total. The quantitative estimate of drug-likeness (QED) is 0.346. The van der Waals surface area contributed by atoms with Crippen molar-refractivity contribution in [2.24, 2.45) is 10.9 Å². The summed E-state index contributed by atoms with van der Waals surface area (Å²) in [6.45, 7) is 11.0. The van der Waals surface area contributed by atoms with Crippen molar-refractivity contribution >= 4 is 11.9 Å². The van der Waals surface area contributed by atoms with Crippen molar-refractivity contribution in [3.63, 3.8) is 0 Å². The normalized spacial score (nSPS) is 11.5. The molecule has 0 aliphatic heterocycles. The summed E-state index contributed by atoms with van der Waals surface area (Å²) in [5.74, 6) is 1.55. The summed E-state index contributed by atoms with van der Waals surface area (Å²) in [7, 11) is 0. The van der Waals surface area contributed by atoms with Crippen LogP contribution in [0.3, 0.4) is 0 Å². The zero-order chi connectivity index (χ0) is 13.8. The Morgan fingerprint density at radius 2 is 1.83 bits per heavy atom. The SMILES string of the molecule is CCNC(=NCCCC(C)C)NCCNC(C)=O. The molecule has 0 spiro atoms. The van der Waals surface area contributed by atoms with Gasteiger partial charge in [-0.05, 0) is 25.7 Å². The van der Waals surface area contributed by atoms with Crippen LogP contribution in [0.25, 0.3) is 0 Å². The first-order valence-corrected chi connectivity index (χ1v) is 6.82. The molecule has 0 radical (unpaired) electrons. The number of guanidine groups is 1. The van der Waals surface area contributed by atoms with Crippen LogP contribution >= 0.6 is 0 Å². The first-order valence-electron chi connectivity index (χ1n) is 6.82.